The SMILES string of the molecule is Cc1ccc(C)c(N2CC[NH+](Cc3cccc(Cl)c3Cl)CC2)c1. The summed E-state index contributed by atoms with van der Waals surface area (Å²) in [6, 6.07) is 12.6. The summed E-state index contributed by atoms with van der Waals surface area (Å²) in [7, 11) is 0. The molecule has 0 unspecified atom stereocenters. The lowest BCUT2D eigenvalue weighted by Crippen LogP contribution is -3.13. The van der Waals surface area contributed by atoms with Crippen LogP contribution in [0, 0.1) is 13.8 Å². The van der Waals surface area contributed by atoms with Gasteiger partial charge in [-0.2, -0.15) is 0 Å². The lowest BCUT2D eigenvalue weighted by atomic mass is 10.1. The van der Waals surface area contributed by atoms with Crippen LogP contribution in [-0.2, 0) is 6.54 Å². The second-order valence-electron chi connectivity index (χ2n) is 6.42. The van der Waals surface area contributed by atoms with Gasteiger partial charge >= 0.3 is 0 Å². The summed E-state index contributed by atoms with van der Waals surface area (Å²) in [5, 5.41) is 1.36. The van der Waals surface area contributed by atoms with Gasteiger partial charge in [-0.3, -0.25) is 0 Å². The van der Waals surface area contributed by atoms with E-state index >= 15 is 0 Å². The molecule has 0 atom stereocenters. The number of aryl methyl sites for hydroxylation is 2. The highest BCUT2D eigenvalue weighted by Crippen LogP contribution is 2.25. The van der Waals surface area contributed by atoms with Crippen molar-refractivity contribution in [2.24, 2.45) is 0 Å². The summed E-state index contributed by atoms with van der Waals surface area (Å²) < 4.78 is 0. The topological polar surface area (TPSA) is 7.68 Å². The second kappa shape index (κ2) is 7.12. The van der Waals surface area contributed by atoms with Gasteiger partial charge in [0, 0.05) is 11.3 Å². The van der Waals surface area contributed by atoms with Crippen LogP contribution >= 0.6 is 23.2 Å². The smallest absolute Gasteiger partial charge is 0.104 e. The van der Waals surface area contributed by atoms with Crippen LogP contribution in [0.1, 0.15) is 16.7 Å². The van der Waals surface area contributed by atoms with Crippen molar-refractivity contribution in [1.82, 2.24) is 0 Å². The van der Waals surface area contributed by atoms with Crippen molar-refractivity contribution in [3.8, 4) is 0 Å². The summed E-state index contributed by atoms with van der Waals surface area (Å²) in [6.07, 6.45) is 0. The minimum atomic E-state index is 0.651. The number of nitrogens with one attached hydrogen (secondary N) is 1. The predicted molar refractivity (Wildman–Crippen MR) is 99.0 cm³/mol. The van der Waals surface area contributed by atoms with Crippen LogP contribution in [0.25, 0.3) is 0 Å². The summed E-state index contributed by atoms with van der Waals surface area (Å²) in [6.45, 7) is 9.70. The predicted octanol–water partition coefficient (Wildman–Crippen LogP) is 3.52. The molecule has 0 aromatic heterocycles. The highest BCUT2D eigenvalue weighted by molar-refractivity contribution is 6.42. The Bertz CT molecular complexity index is 692. The largest absolute Gasteiger partial charge is 0.360 e. The van der Waals surface area contributed by atoms with Gasteiger partial charge in [0.25, 0.3) is 0 Å². The third-order valence-electron chi connectivity index (χ3n) is 4.65. The maximum Gasteiger partial charge on any atom is 0.104 e. The van der Waals surface area contributed by atoms with Crippen LogP contribution in [0.3, 0.4) is 0 Å². The first-order valence-electron chi connectivity index (χ1n) is 8.13. The molecule has 1 saturated heterocycles. The number of hydrogen-bond donors (Lipinski definition) is 1. The maximum atomic E-state index is 6.32. The van der Waals surface area contributed by atoms with Crippen LogP contribution in [-0.4, -0.2) is 26.2 Å². The number of rotatable bonds is 3. The molecule has 0 aliphatic carbocycles. The monoisotopic (exact) mass is 349 g/mol. The Morgan fingerprint density at radius 3 is 2.52 bits per heavy atom. The maximum absolute atomic E-state index is 6.32. The second-order valence-corrected chi connectivity index (χ2v) is 7.20. The van der Waals surface area contributed by atoms with Gasteiger partial charge in [-0.25, -0.2) is 0 Å². The zero-order chi connectivity index (χ0) is 16.4. The number of halogens is 2. The number of nitrogens with zero attached hydrogens (tertiary/aromatic N) is 1. The molecular formula is C19H23Cl2N2+. The zero-order valence-electron chi connectivity index (χ0n) is 13.7. The van der Waals surface area contributed by atoms with Crippen molar-refractivity contribution in [3.05, 3.63) is 63.1 Å². The van der Waals surface area contributed by atoms with E-state index in [9.17, 15) is 0 Å². The van der Waals surface area contributed by atoms with E-state index in [1.165, 1.54) is 16.8 Å². The van der Waals surface area contributed by atoms with Gasteiger partial charge in [0.05, 0.1) is 36.2 Å². The molecule has 23 heavy (non-hydrogen) atoms. The molecule has 2 aromatic carbocycles. The zero-order valence-corrected chi connectivity index (χ0v) is 15.2. The van der Waals surface area contributed by atoms with Crippen LogP contribution in [0.5, 0.6) is 0 Å². The number of piperazine rings is 1. The Labute approximate surface area is 148 Å². The summed E-state index contributed by atoms with van der Waals surface area (Å²) in [5.41, 5.74) is 5.21. The Kier molecular flexibility index (Phi) is 5.15. The number of anilines is 1. The third-order valence-corrected chi connectivity index (χ3v) is 5.51. The van der Waals surface area contributed by atoms with Crippen molar-refractivity contribution < 1.29 is 4.90 Å². The van der Waals surface area contributed by atoms with Crippen LogP contribution in [0.2, 0.25) is 10.0 Å². The molecule has 3 rings (SSSR count). The van der Waals surface area contributed by atoms with Crippen molar-refractivity contribution in [1.29, 1.82) is 0 Å². The molecule has 2 aromatic rings. The molecule has 0 bridgehead atoms. The van der Waals surface area contributed by atoms with Crippen molar-refractivity contribution in [2.75, 3.05) is 31.1 Å². The minimum absolute atomic E-state index is 0.651. The molecule has 1 N–H and O–H groups in total. The number of hydrogen-bond acceptors (Lipinski definition) is 1. The molecule has 0 saturated carbocycles. The van der Waals surface area contributed by atoms with Gasteiger partial charge < -0.3 is 9.80 Å². The Hall–Kier alpha value is -1.22. The highest BCUT2D eigenvalue weighted by Gasteiger charge is 2.22. The molecule has 4 heteroatoms. The summed E-state index contributed by atoms with van der Waals surface area (Å²) in [5.74, 6) is 0. The van der Waals surface area contributed by atoms with Crippen LogP contribution in [0.15, 0.2) is 36.4 Å². The molecule has 122 valence electrons. The van der Waals surface area contributed by atoms with Gasteiger partial charge in [-0.05, 0) is 37.1 Å². The van der Waals surface area contributed by atoms with Crippen molar-refractivity contribution in [3.63, 3.8) is 0 Å². The Morgan fingerprint density at radius 2 is 1.78 bits per heavy atom. The van der Waals surface area contributed by atoms with E-state index in [0.29, 0.717) is 10.0 Å². The fourth-order valence-electron chi connectivity index (χ4n) is 3.26. The van der Waals surface area contributed by atoms with E-state index in [0.717, 1.165) is 38.3 Å². The molecule has 0 radical (unpaired) electrons. The van der Waals surface area contributed by atoms with E-state index in [-0.39, 0.29) is 0 Å². The minimum Gasteiger partial charge on any atom is -0.360 e. The van der Waals surface area contributed by atoms with Gasteiger partial charge in [0.1, 0.15) is 6.54 Å². The van der Waals surface area contributed by atoms with E-state index in [2.05, 4.69) is 43.0 Å². The Morgan fingerprint density at radius 1 is 1.04 bits per heavy atom. The van der Waals surface area contributed by atoms with E-state index in [4.69, 9.17) is 23.2 Å². The molecule has 1 fully saturated rings. The summed E-state index contributed by atoms with van der Waals surface area (Å²) in [4.78, 5) is 4.07. The highest BCUT2D eigenvalue weighted by atomic mass is 35.5. The molecule has 1 heterocycles. The van der Waals surface area contributed by atoms with Crippen molar-refractivity contribution >= 4 is 28.9 Å². The first-order chi connectivity index (χ1) is 11.0. The molecule has 2 nitrogen and oxygen atoms in total. The summed E-state index contributed by atoms with van der Waals surface area (Å²) >= 11 is 12.4. The first kappa shape index (κ1) is 16.6. The molecule has 0 amide bonds. The average molecular weight is 350 g/mol. The lowest BCUT2D eigenvalue weighted by Gasteiger charge is -2.34. The standard InChI is InChI=1S/C19H22Cl2N2/c1-14-6-7-15(2)18(12-14)23-10-8-22(9-11-23)13-16-4-3-5-17(20)19(16)21/h3-7,12H,8-11,13H2,1-2H3/p+1. The van der Waals surface area contributed by atoms with Crippen LogP contribution in [0.4, 0.5) is 5.69 Å². The van der Waals surface area contributed by atoms with E-state index in [1.807, 2.05) is 12.1 Å². The normalized spacial score (nSPS) is 15.9. The average Bonchev–Trinajstić information content (AvgIpc) is 2.55. The van der Waals surface area contributed by atoms with Gasteiger partial charge in [-0.15, -0.1) is 0 Å². The molecule has 1 aliphatic heterocycles. The van der Waals surface area contributed by atoms with Gasteiger partial charge in [0.2, 0.25) is 0 Å². The van der Waals surface area contributed by atoms with Crippen molar-refractivity contribution in [2.45, 2.75) is 20.4 Å². The number of benzene rings is 2. The number of quaternary nitrogens is 1. The fraction of sp³-hybridized carbons (Fsp3) is 0.368. The van der Waals surface area contributed by atoms with Gasteiger partial charge in [0.15, 0.2) is 0 Å². The fourth-order valence-corrected chi connectivity index (χ4v) is 3.64. The first-order valence-corrected chi connectivity index (χ1v) is 8.89. The Balaban J connectivity index is 1.64. The van der Waals surface area contributed by atoms with E-state index < -0.39 is 0 Å². The van der Waals surface area contributed by atoms with Crippen LogP contribution < -0.4 is 9.80 Å². The van der Waals surface area contributed by atoms with E-state index in [1.54, 1.807) is 4.90 Å². The molecule has 0 spiro atoms. The molecule has 1 aliphatic rings. The quantitative estimate of drug-likeness (QED) is 0.890. The third kappa shape index (κ3) is 3.82. The lowest BCUT2D eigenvalue weighted by molar-refractivity contribution is -0.914. The van der Waals surface area contributed by atoms with Gasteiger partial charge in [-0.1, -0.05) is 47.5 Å². The molecular weight excluding hydrogens is 327 g/mol.